The molecule has 1 fully saturated rings. The molecule has 0 radical (unpaired) electrons. The minimum absolute atomic E-state index is 0.117. The molecule has 5 nitrogen and oxygen atoms in total. The van der Waals surface area contributed by atoms with Gasteiger partial charge in [-0.15, -0.1) is 0 Å². The minimum atomic E-state index is -0.906. The van der Waals surface area contributed by atoms with Crippen molar-refractivity contribution >= 4 is 22.4 Å². The highest BCUT2D eigenvalue weighted by Crippen LogP contribution is 2.31. The van der Waals surface area contributed by atoms with Crippen molar-refractivity contribution in [2.45, 2.75) is 39.4 Å². The van der Waals surface area contributed by atoms with Crippen LogP contribution in [0.15, 0.2) is 0 Å². The van der Waals surface area contributed by atoms with Gasteiger partial charge in [0.2, 0.25) is 0 Å². The molecule has 2 rings (SSSR count). The lowest BCUT2D eigenvalue weighted by Crippen LogP contribution is -2.52. The highest BCUT2D eigenvalue weighted by molar-refractivity contribution is 7.17. The zero-order valence-electron chi connectivity index (χ0n) is 11.1. The molecule has 0 amide bonds. The van der Waals surface area contributed by atoms with E-state index in [4.69, 9.17) is 9.84 Å². The Morgan fingerprint density at radius 3 is 2.78 bits per heavy atom. The van der Waals surface area contributed by atoms with E-state index in [1.807, 2.05) is 20.8 Å². The Bertz CT molecular complexity index is 470. The summed E-state index contributed by atoms with van der Waals surface area (Å²) in [5, 5.41) is 9.83. The number of morpholine rings is 1. The van der Waals surface area contributed by atoms with E-state index < -0.39 is 5.97 Å². The quantitative estimate of drug-likeness (QED) is 0.892. The third-order valence-electron chi connectivity index (χ3n) is 2.82. The van der Waals surface area contributed by atoms with Crippen molar-refractivity contribution in [1.29, 1.82) is 0 Å². The van der Waals surface area contributed by atoms with Gasteiger partial charge in [0.25, 0.3) is 0 Å². The smallest absolute Gasteiger partial charge is 0.347 e. The number of aromatic nitrogens is 1. The van der Waals surface area contributed by atoms with Gasteiger partial charge < -0.3 is 14.7 Å². The number of anilines is 1. The van der Waals surface area contributed by atoms with Gasteiger partial charge in [-0.1, -0.05) is 11.3 Å². The molecule has 2 heterocycles. The van der Waals surface area contributed by atoms with Crippen molar-refractivity contribution < 1.29 is 14.6 Å². The molecular weight excluding hydrogens is 252 g/mol. The normalized spacial score (nSPS) is 23.1. The number of aryl methyl sites for hydroxylation is 1. The Balaban J connectivity index is 2.26. The fraction of sp³-hybridized carbons (Fsp3) is 0.667. The van der Waals surface area contributed by atoms with Gasteiger partial charge in [0.15, 0.2) is 5.13 Å². The first-order valence-electron chi connectivity index (χ1n) is 5.92. The fourth-order valence-electron chi connectivity index (χ4n) is 2.32. The van der Waals surface area contributed by atoms with E-state index in [0.29, 0.717) is 10.6 Å². The topological polar surface area (TPSA) is 62.7 Å². The van der Waals surface area contributed by atoms with Crippen LogP contribution in [0.2, 0.25) is 0 Å². The first kappa shape index (κ1) is 13.3. The van der Waals surface area contributed by atoms with Crippen molar-refractivity contribution in [2.75, 3.05) is 18.0 Å². The second-order valence-electron chi connectivity index (χ2n) is 5.28. The number of nitrogens with zero attached hydrogens (tertiary/aromatic N) is 2. The van der Waals surface area contributed by atoms with Gasteiger partial charge in [0.05, 0.1) is 17.4 Å². The van der Waals surface area contributed by atoms with Crippen LogP contribution in [0.25, 0.3) is 0 Å². The molecule has 1 atom stereocenters. The summed E-state index contributed by atoms with van der Waals surface area (Å²) in [5.74, 6) is -0.906. The number of hydrogen-bond donors (Lipinski definition) is 1. The van der Waals surface area contributed by atoms with Gasteiger partial charge in [-0.25, -0.2) is 9.78 Å². The van der Waals surface area contributed by atoms with Crippen LogP contribution in [-0.2, 0) is 4.74 Å². The van der Waals surface area contributed by atoms with Crippen LogP contribution in [0.5, 0.6) is 0 Å². The molecule has 0 saturated carbocycles. The van der Waals surface area contributed by atoms with Gasteiger partial charge in [-0.2, -0.15) is 0 Å². The summed E-state index contributed by atoms with van der Waals surface area (Å²) in [5.41, 5.74) is 0.347. The van der Waals surface area contributed by atoms with E-state index in [0.717, 1.165) is 18.2 Å². The Morgan fingerprint density at radius 1 is 1.61 bits per heavy atom. The standard InChI is InChI=1S/C12H18N2O3S/c1-7-5-14(6-12(3,4)17-7)11-13-8(2)9(18-11)10(15)16/h7H,5-6H2,1-4H3,(H,15,16). The highest BCUT2D eigenvalue weighted by atomic mass is 32.1. The number of hydrogen-bond acceptors (Lipinski definition) is 5. The number of aromatic carboxylic acids is 1. The predicted octanol–water partition coefficient (Wildman–Crippen LogP) is 2.15. The van der Waals surface area contributed by atoms with E-state index in [-0.39, 0.29) is 11.7 Å². The van der Waals surface area contributed by atoms with Crippen LogP contribution in [0, 0.1) is 6.92 Å². The van der Waals surface area contributed by atoms with Crippen molar-refractivity contribution in [3.8, 4) is 0 Å². The second-order valence-corrected chi connectivity index (χ2v) is 6.26. The Hall–Kier alpha value is -1.14. The van der Waals surface area contributed by atoms with Crippen molar-refractivity contribution in [3.05, 3.63) is 10.6 Å². The van der Waals surface area contributed by atoms with Crippen molar-refractivity contribution in [1.82, 2.24) is 4.98 Å². The molecule has 1 unspecified atom stereocenters. The molecule has 1 saturated heterocycles. The van der Waals surface area contributed by atoms with Crippen LogP contribution < -0.4 is 4.90 Å². The molecule has 0 bridgehead atoms. The Kier molecular flexibility index (Phi) is 3.33. The van der Waals surface area contributed by atoms with Crippen LogP contribution in [0.1, 0.15) is 36.1 Å². The van der Waals surface area contributed by atoms with E-state index >= 15 is 0 Å². The number of rotatable bonds is 2. The first-order chi connectivity index (χ1) is 8.28. The molecule has 1 aromatic rings. The first-order valence-corrected chi connectivity index (χ1v) is 6.73. The Labute approximate surface area is 110 Å². The maximum atomic E-state index is 11.0. The van der Waals surface area contributed by atoms with E-state index in [1.54, 1.807) is 6.92 Å². The molecule has 18 heavy (non-hydrogen) atoms. The molecule has 0 aromatic carbocycles. The van der Waals surface area contributed by atoms with E-state index in [1.165, 1.54) is 11.3 Å². The molecule has 100 valence electrons. The van der Waals surface area contributed by atoms with Gasteiger partial charge in [0.1, 0.15) is 4.88 Å². The van der Waals surface area contributed by atoms with Crippen LogP contribution in [0.3, 0.4) is 0 Å². The van der Waals surface area contributed by atoms with E-state index in [2.05, 4.69) is 9.88 Å². The maximum Gasteiger partial charge on any atom is 0.347 e. The zero-order valence-corrected chi connectivity index (χ0v) is 11.9. The fourth-order valence-corrected chi connectivity index (χ4v) is 3.23. The van der Waals surface area contributed by atoms with Gasteiger partial charge in [-0.3, -0.25) is 0 Å². The van der Waals surface area contributed by atoms with Gasteiger partial charge in [-0.05, 0) is 27.7 Å². The summed E-state index contributed by atoms with van der Waals surface area (Å²) in [7, 11) is 0. The molecule has 0 spiro atoms. The molecular formula is C12H18N2O3S. The largest absolute Gasteiger partial charge is 0.477 e. The average Bonchev–Trinajstić information content (AvgIpc) is 2.57. The second kappa shape index (κ2) is 4.51. The summed E-state index contributed by atoms with van der Waals surface area (Å²) in [6.45, 7) is 9.30. The minimum Gasteiger partial charge on any atom is -0.477 e. The average molecular weight is 270 g/mol. The summed E-state index contributed by atoms with van der Waals surface area (Å²) in [6.07, 6.45) is 0.117. The molecule has 1 aliphatic rings. The third-order valence-corrected chi connectivity index (χ3v) is 4.03. The Morgan fingerprint density at radius 2 is 2.28 bits per heavy atom. The van der Waals surface area contributed by atoms with E-state index in [9.17, 15) is 4.79 Å². The van der Waals surface area contributed by atoms with Gasteiger partial charge >= 0.3 is 5.97 Å². The summed E-state index contributed by atoms with van der Waals surface area (Å²) in [6, 6.07) is 0. The third kappa shape index (κ3) is 2.64. The molecule has 6 heteroatoms. The SMILES string of the molecule is Cc1nc(N2CC(C)OC(C)(C)C2)sc1C(=O)O. The zero-order chi connectivity index (χ0) is 13.5. The monoisotopic (exact) mass is 270 g/mol. The van der Waals surface area contributed by atoms with Crippen LogP contribution in [-0.4, -0.2) is 40.9 Å². The highest BCUT2D eigenvalue weighted by Gasteiger charge is 2.33. The number of carboxylic acid groups (broad SMARTS) is 1. The van der Waals surface area contributed by atoms with Crippen molar-refractivity contribution in [2.24, 2.45) is 0 Å². The molecule has 0 aliphatic carbocycles. The lowest BCUT2D eigenvalue weighted by molar-refractivity contribution is -0.0749. The summed E-state index contributed by atoms with van der Waals surface area (Å²) in [4.78, 5) is 17.8. The number of carboxylic acids is 1. The molecule has 1 N–H and O–H groups in total. The lowest BCUT2D eigenvalue weighted by Gasteiger charge is -2.41. The molecule has 1 aliphatic heterocycles. The molecule has 1 aromatic heterocycles. The predicted molar refractivity (Wildman–Crippen MR) is 70.6 cm³/mol. The van der Waals surface area contributed by atoms with Gasteiger partial charge in [0, 0.05) is 13.1 Å². The van der Waals surface area contributed by atoms with Crippen LogP contribution >= 0.6 is 11.3 Å². The van der Waals surface area contributed by atoms with Crippen LogP contribution in [0.4, 0.5) is 5.13 Å². The summed E-state index contributed by atoms with van der Waals surface area (Å²) < 4.78 is 5.83. The maximum absolute atomic E-state index is 11.0. The number of thiazole rings is 1. The lowest BCUT2D eigenvalue weighted by atomic mass is 10.1. The number of carbonyl (C=O) groups is 1. The number of ether oxygens (including phenoxy) is 1. The van der Waals surface area contributed by atoms with Crippen molar-refractivity contribution in [3.63, 3.8) is 0 Å². The summed E-state index contributed by atoms with van der Waals surface area (Å²) >= 11 is 1.24.